The number of aromatic nitrogens is 2. The lowest BCUT2D eigenvalue weighted by Crippen LogP contribution is -1.96. The summed E-state index contributed by atoms with van der Waals surface area (Å²) in [6, 6.07) is 35.8. The first-order chi connectivity index (χ1) is 17.3. The van der Waals surface area contributed by atoms with Crippen LogP contribution in [0.4, 0.5) is 0 Å². The molecule has 0 amide bonds. The molecule has 162 valence electrons. The average Bonchev–Trinajstić information content (AvgIpc) is 3.58. The van der Waals surface area contributed by atoms with E-state index in [4.69, 9.17) is 4.98 Å². The summed E-state index contributed by atoms with van der Waals surface area (Å²) in [6.07, 6.45) is 1.98. The van der Waals surface area contributed by atoms with Gasteiger partial charge in [-0.15, -0.1) is 0 Å². The minimum Gasteiger partial charge on any atom is -0.292 e. The fraction of sp³-hybridized carbons (Fsp3) is 0.0606. The minimum atomic E-state index is 0.978. The molecular weight excluding hydrogens is 424 g/mol. The van der Waals surface area contributed by atoms with Crippen LogP contribution in [0.3, 0.4) is 0 Å². The molecule has 9 rings (SSSR count). The molecule has 2 heteroatoms. The van der Waals surface area contributed by atoms with Gasteiger partial charge in [0, 0.05) is 10.8 Å². The van der Waals surface area contributed by atoms with Crippen LogP contribution in [0, 0.1) is 0 Å². The number of pyridine rings is 1. The molecule has 0 saturated heterocycles. The van der Waals surface area contributed by atoms with Crippen LogP contribution < -0.4 is 0 Å². The van der Waals surface area contributed by atoms with Crippen LogP contribution in [0.15, 0.2) is 97.1 Å². The molecule has 2 aliphatic rings. The monoisotopic (exact) mass is 444 g/mol. The molecule has 0 atom stereocenters. The zero-order valence-corrected chi connectivity index (χ0v) is 19.0. The molecule has 2 nitrogen and oxygen atoms in total. The van der Waals surface area contributed by atoms with Gasteiger partial charge in [0.15, 0.2) is 0 Å². The fourth-order valence-electron chi connectivity index (χ4n) is 6.71. The zero-order chi connectivity index (χ0) is 22.7. The van der Waals surface area contributed by atoms with E-state index in [0.29, 0.717) is 0 Å². The molecule has 0 unspecified atom stereocenters. The van der Waals surface area contributed by atoms with E-state index in [-0.39, 0.29) is 0 Å². The molecule has 35 heavy (non-hydrogen) atoms. The number of fused-ring (bicyclic) bond motifs is 15. The Morgan fingerprint density at radius 2 is 1.29 bits per heavy atom. The second-order valence-corrected chi connectivity index (χ2v) is 9.97. The molecule has 7 aromatic rings. The number of hydrogen-bond donors (Lipinski definition) is 0. The Morgan fingerprint density at radius 3 is 2.17 bits per heavy atom. The topological polar surface area (TPSA) is 17.3 Å². The van der Waals surface area contributed by atoms with E-state index in [1.807, 2.05) is 0 Å². The van der Waals surface area contributed by atoms with Crippen molar-refractivity contribution in [1.29, 1.82) is 0 Å². The number of rotatable bonds is 0. The third-order valence-corrected chi connectivity index (χ3v) is 8.21. The highest BCUT2D eigenvalue weighted by atomic mass is 15.0. The van der Waals surface area contributed by atoms with Crippen molar-refractivity contribution in [2.75, 3.05) is 0 Å². The van der Waals surface area contributed by atoms with Gasteiger partial charge in [0.1, 0.15) is 5.65 Å². The molecule has 2 aliphatic carbocycles. The third kappa shape index (κ3) is 2.18. The molecule has 0 fully saturated rings. The van der Waals surface area contributed by atoms with Crippen LogP contribution in [0.25, 0.3) is 60.6 Å². The van der Waals surface area contributed by atoms with Crippen molar-refractivity contribution < 1.29 is 0 Å². The normalized spacial score (nSPS) is 13.5. The highest BCUT2D eigenvalue weighted by molar-refractivity contribution is 6.18. The largest absolute Gasteiger partial charge is 0.292 e. The van der Waals surface area contributed by atoms with Crippen LogP contribution in [0.2, 0.25) is 0 Å². The van der Waals surface area contributed by atoms with Gasteiger partial charge in [0.25, 0.3) is 0 Å². The Hall–Kier alpha value is -4.43. The average molecular weight is 445 g/mol. The lowest BCUT2D eigenvalue weighted by molar-refractivity contribution is 1.26. The Morgan fingerprint density at radius 1 is 0.543 bits per heavy atom. The Labute approximate surface area is 202 Å². The SMILES string of the molecule is c1ccc2c(c1)Cc1cc3c4c5c(ccc4c4nc6ccccc6n4c3cc1-2)-c1ccccc1C5. The van der Waals surface area contributed by atoms with E-state index >= 15 is 0 Å². The van der Waals surface area contributed by atoms with Crippen molar-refractivity contribution in [2.24, 2.45) is 0 Å². The smallest absolute Gasteiger partial charge is 0.146 e. The summed E-state index contributed by atoms with van der Waals surface area (Å²) in [7, 11) is 0. The number of para-hydroxylation sites is 2. The first-order valence-electron chi connectivity index (χ1n) is 12.3. The maximum atomic E-state index is 5.17. The number of nitrogens with zero attached hydrogens (tertiary/aromatic N) is 2. The van der Waals surface area contributed by atoms with E-state index in [1.54, 1.807) is 0 Å². The highest BCUT2D eigenvalue weighted by Crippen LogP contribution is 2.46. The maximum absolute atomic E-state index is 5.17. The third-order valence-electron chi connectivity index (χ3n) is 8.21. The van der Waals surface area contributed by atoms with E-state index < -0.39 is 0 Å². The first-order valence-corrected chi connectivity index (χ1v) is 12.3. The second kappa shape index (κ2) is 6.17. The van der Waals surface area contributed by atoms with Crippen LogP contribution >= 0.6 is 0 Å². The van der Waals surface area contributed by atoms with Crippen molar-refractivity contribution in [3.05, 3.63) is 119 Å². The molecule has 0 bridgehead atoms. The molecule has 2 heterocycles. The summed E-state index contributed by atoms with van der Waals surface area (Å²) in [5.74, 6) is 0. The van der Waals surface area contributed by atoms with Gasteiger partial charge in [-0.1, -0.05) is 66.7 Å². The summed E-state index contributed by atoms with van der Waals surface area (Å²) in [4.78, 5) is 5.17. The zero-order valence-electron chi connectivity index (χ0n) is 19.0. The summed E-state index contributed by atoms with van der Waals surface area (Å²) < 4.78 is 2.39. The van der Waals surface area contributed by atoms with Gasteiger partial charge >= 0.3 is 0 Å². The quantitative estimate of drug-likeness (QED) is 0.217. The Kier molecular flexibility index (Phi) is 3.16. The van der Waals surface area contributed by atoms with Crippen molar-refractivity contribution in [3.63, 3.8) is 0 Å². The fourth-order valence-corrected chi connectivity index (χ4v) is 6.71. The summed E-state index contributed by atoms with van der Waals surface area (Å²) >= 11 is 0. The predicted molar refractivity (Wildman–Crippen MR) is 144 cm³/mol. The summed E-state index contributed by atoms with van der Waals surface area (Å²) in [6.45, 7) is 0. The van der Waals surface area contributed by atoms with Gasteiger partial charge in [-0.3, -0.25) is 4.40 Å². The Bertz CT molecular complexity index is 2060. The van der Waals surface area contributed by atoms with Crippen molar-refractivity contribution in [3.8, 4) is 22.3 Å². The van der Waals surface area contributed by atoms with Gasteiger partial charge in [-0.25, -0.2) is 4.98 Å². The molecule has 0 N–H and O–H groups in total. The molecule has 2 aromatic heterocycles. The van der Waals surface area contributed by atoms with E-state index in [0.717, 1.165) is 24.0 Å². The van der Waals surface area contributed by atoms with Crippen LogP contribution in [0.5, 0.6) is 0 Å². The second-order valence-electron chi connectivity index (χ2n) is 9.97. The number of imidazole rings is 1. The van der Waals surface area contributed by atoms with Crippen LogP contribution in [0.1, 0.15) is 22.3 Å². The molecule has 5 aromatic carbocycles. The molecule has 0 saturated carbocycles. The molecule has 0 aliphatic heterocycles. The number of hydrogen-bond acceptors (Lipinski definition) is 1. The van der Waals surface area contributed by atoms with Crippen molar-refractivity contribution >= 4 is 38.4 Å². The standard InChI is InChI=1S/C33H20N2/c1-4-10-23-19(7-1)15-21-17-28-31(18-26(21)23)35-30-12-6-5-11-29(30)34-33(35)25-14-13-24-22-9-3-2-8-20(22)16-27(24)32(25)28/h1-14,17-18H,15-16H2. The molecular formula is C33H20N2. The van der Waals surface area contributed by atoms with Crippen LogP contribution in [-0.2, 0) is 12.8 Å². The van der Waals surface area contributed by atoms with E-state index in [9.17, 15) is 0 Å². The van der Waals surface area contributed by atoms with Crippen molar-refractivity contribution in [2.45, 2.75) is 12.8 Å². The van der Waals surface area contributed by atoms with Gasteiger partial charge in [-0.2, -0.15) is 0 Å². The van der Waals surface area contributed by atoms with Crippen molar-refractivity contribution in [1.82, 2.24) is 9.38 Å². The van der Waals surface area contributed by atoms with Gasteiger partial charge < -0.3 is 0 Å². The lowest BCUT2D eigenvalue weighted by Gasteiger charge is -2.15. The Balaban J connectivity index is 1.52. The van der Waals surface area contributed by atoms with E-state index in [1.165, 1.54) is 71.7 Å². The highest BCUT2D eigenvalue weighted by Gasteiger charge is 2.26. The van der Waals surface area contributed by atoms with Gasteiger partial charge in [0.05, 0.1) is 16.6 Å². The number of benzene rings is 5. The predicted octanol–water partition coefficient (Wildman–Crippen LogP) is 7.94. The minimum absolute atomic E-state index is 0.978. The lowest BCUT2D eigenvalue weighted by atomic mass is 9.94. The van der Waals surface area contributed by atoms with Crippen LogP contribution in [-0.4, -0.2) is 9.38 Å². The first kappa shape index (κ1) is 18.0. The summed E-state index contributed by atoms with van der Waals surface area (Å²) in [5.41, 5.74) is 15.7. The van der Waals surface area contributed by atoms with Gasteiger partial charge in [0.2, 0.25) is 0 Å². The van der Waals surface area contributed by atoms with E-state index in [2.05, 4.69) is 101 Å². The maximum Gasteiger partial charge on any atom is 0.146 e. The molecule has 0 spiro atoms. The molecule has 0 radical (unpaired) electrons. The summed E-state index contributed by atoms with van der Waals surface area (Å²) in [5, 5.41) is 3.96. The van der Waals surface area contributed by atoms with Gasteiger partial charge in [-0.05, 0) is 93.1 Å².